The molecule has 0 bridgehead atoms. The normalized spacial score (nSPS) is 11.2. The fourth-order valence-corrected chi connectivity index (χ4v) is 2.81. The number of carbonyl (C=O) groups excluding carboxylic acids is 1. The van der Waals surface area contributed by atoms with Crippen LogP contribution in [-0.4, -0.2) is 25.5 Å². The Bertz CT molecular complexity index is 656. The number of benzene rings is 1. The Morgan fingerprint density at radius 2 is 2.00 bits per heavy atom. The molecule has 24 heavy (non-hydrogen) atoms. The summed E-state index contributed by atoms with van der Waals surface area (Å²) in [5.41, 5.74) is 1.98. The number of hydrogen-bond acceptors (Lipinski definition) is 3. The largest absolute Gasteiger partial charge is 0.356 e. The van der Waals surface area contributed by atoms with E-state index in [2.05, 4.69) is 32.4 Å². The van der Waals surface area contributed by atoms with Crippen molar-refractivity contribution in [1.29, 1.82) is 0 Å². The molecule has 0 saturated carbocycles. The highest BCUT2D eigenvalue weighted by atomic mass is 35.5. The number of guanidine groups is 1. The van der Waals surface area contributed by atoms with Crippen LogP contribution in [0.15, 0.2) is 46.1 Å². The lowest BCUT2D eigenvalue weighted by Gasteiger charge is -2.11. The fraction of sp³-hybridized carbons (Fsp3) is 0.294. The standard InChI is InChI=1S/C17H21ClN4OS/c1-19-17(21-11-13-8-10-24-12-13)20-9-2-3-16(23)22-15-6-4-14(18)5-7-15/h4-8,10,12H,2-3,9,11H2,1H3,(H,22,23)(H2,19,20,21). The lowest BCUT2D eigenvalue weighted by molar-refractivity contribution is -0.116. The summed E-state index contributed by atoms with van der Waals surface area (Å²) in [7, 11) is 1.73. The van der Waals surface area contributed by atoms with Crippen LogP contribution in [0.1, 0.15) is 18.4 Å². The molecule has 0 aliphatic heterocycles. The van der Waals surface area contributed by atoms with Gasteiger partial charge < -0.3 is 16.0 Å². The van der Waals surface area contributed by atoms with Gasteiger partial charge in [0, 0.05) is 37.3 Å². The van der Waals surface area contributed by atoms with Gasteiger partial charge in [-0.25, -0.2) is 0 Å². The number of carbonyl (C=O) groups is 1. The Morgan fingerprint density at radius 3 is 2.67 bits per heavy atom. The molecule has 1 aromatic heterocycles. The van der Waals surface area contributed by atoms with Gasteiger partial charge in [-0.05, 0) is 53.1 Å². The minimum absolute atomic E-state index is 0.0136. The maximum atomic E-state index is 11.9. The number of nitrogens with one attached hydrogen (secondary N) is 3. The molecule has 0 spiro atoms. The summed E-state index contributed by atoms with van der Waals surface area (Å²) < 4.78 is 0. The summed E-state index contributed by atoms with van der Waals surface area (Å²) in [5.74, 6) is 0.722. The Balaban J connectivity index is 1.62. The highest BCUT2D eigenvalue weighted by molar-refractivity contribution is 7.07. The first-order chi connectivity index (χ1) is 11.7. The molecule has 1 heterocycles. The Morgan fingerprint density at radius 1 is 1.21 bits per heavy atom. The molecule has 1 aromatic carbocycles. The molecule has 7 heteroatoms. The van der Waals surface area contributed by atoms with Crippen LogP contribution < -0.4 is 16.0 Å². The van der Waals surface area contributed by atoms with E-state index in [9.17, 15) is 4.79 Å². The van der Waals surface area contributed by atoms with Crippen molar-refractivity contribution in [3.8, 4) is 0 Å². The first-order valence-electron chi connectivity index (χ1n) is 7.68. The van der Waals surface area contributed by atoms with Gasteiger partial charge in [-0.1, -0.05) is 11.6 Å². The van der Waals surface area contributed by atoms with Crippen molar-refractivity contribution in [2.75, 3.05) is 18.9 Å². The third-order valence-corrected chi connectivity index (χ3v) is 4.25. The molecule has 0 unspecified atom stereocenters. The SMILES string of the molecule is CN=C(NCCCC(=O)Nc1ccc(Cl)cc1)NCc1ccsc1. The van der Waals surface area contributed by atoms with Crippen molar-refractivity contribution in [2.45, 2.75) is 19.4 Å². The minimum atomic E-state index is -0.0136. The van der Waals surface area contributed by atoms with Gasteiger partial charge in [0.05, 0.1) is 0 Å². The molecule has 0 saturated heterocycles. The van der Waals surface area contributed by atoms with Crippen molar-refractivity contribution in [1.82, 2.24) is 10.6 Å². The molecular formula is C17H21ClN4OS. The number of amides is 1. The van der Waals surface area contributed by atoms with Gasteiger partial charge in [0.2, 0.25) is 5.91 Å². The van der Waals surface area contributed by atoms with Crippen molar-refractivity contribution in [3.63, 3.8) is 0 Å². The summed E-state index contributed by atoms with van der Waals surface area (Å²) in [4.78, 5) is 16.0. The van der Waals surface area contributed by atoms with Crippen LogP contribution in [0.25, 0.3) is 0 Å². The predicted molar refractivity (Wildman–Crippen MR) is 102 cm³/mol. The van der Waals surface area contributed by atoms with E-state index in [-0.39, 0.29) is 5.91 Å². The van der Waals surface area contributed by atoms with Gasteiger partial charge in [-0.15, -0.1) is 0 Å². The fourth-order valence-electron chi connectivity index (χ4n) is 2.01. The Labute approximate surface area is 151 Å². The van der Waals surface area contributed by atoms with Gasteiger partial charge in [0.15, 0.2) is 5.96 Å². The summed E-state index contributed by atoms with van der Waals surface area (Å²) in [5, 5.41) is 14.1. The number of halogens is 1. The number of nitrogens with zero attached hydrogens (tertiary/aromatic N) is 1. The zero-order valence-corrected chi connectivity index (χ0v) is 15.1. The average molecular weight is 365 g/mol. The van der Waals surface area contributed by atoms with E-state index < -0.39 is 0 Å². The molecule has 3 N–H and O–H groups in total. The van der Waals surface area contributed by atoms with Crippen LogP contribution in [0.5, 0.6) is 0 Å². The molecule has 2 aromatic rings. The predicted octanol–water partition coefficient (Wildman–Crippen LogP) is 3.49. The average Bonchev–Trinajstić information content (AvgIpc) is 3.10. The highest BCUT2D eigenvalue weighted by Gasteiger charge is 2.03. The van der Waals surface area contributed by atoms with Crippen LogP contribution in [-0.2, 0) is 11.3 Å². The lowest BCUT2D eigenvalue weighted by atomic mass is 10.2. The second-order valence-electron chi connectivity index (χ2n) is 5.14. The molecule has 0 aliphatic rings. The van der Waals surface area contributed by atoms with Gasteiger partial charge in [0.25, 0.3) is 0 Å². The zero-order chi connectivity index (χ0) is 17.2. The molecular weight excluding hydrogens is 344 g/mol. The van der Waals surface area contributed by atoms with E-state index in [1.54, 1.807) is 42.6 Å². The van der Waals surface area contributed by atoms with Crippen LogP contribution in [0.3, 0.4) is 0 Å². The highest BCUT2D eigenvalue weighted by Crippen LogP contribution is 2.13. The number of thiophene rings is 1. The molecule has 0 atom stereocenters. The second kappa shape index (κ2) is 9.95. The number of anilines is 1. The second-order valence-corrected chi connectivity index (χ2v) is 6.36. The van der Waals surface area contributed by atoms with Crippen molar-refractivity contribution < 1.29 is 4.79 Å². The van der Waals surface area contributed by atoms with Crippen LogP contribution >= 0.6 is 22.9 Å². The van der Waals surface area contributed by atoms with Crippen LogP contribution in [0.2, 0.25) is 5.02 Å². The molecule has 0 aliphatic carbocycles. The van der Waals surface area contributed by atoms with Gasteiger partial charge in [0.1, 0.15) is 0 Å². The van der Waals surface area contributed by atoms with E-state index in [1.807, 2.05) is 5.38 Å². The third kappa shape index (κ3) is 6.60. The molecule has 0 fully saturated rings. The van der Waals surface area contributed by atoms with Gasteiger partial charge in [-0.3, -0.25) is 9.79 Å². The number of hydrogen-bond donors (Lipinski definition) is 3. The maximum Gasteiger partial charge on any atom is 0.224 e. The number of aliphatic imine (C=N–C) groups is 1. The van der Waals surface area contributed by atoms with Crippen LogP contribution in [0.4, 0.5) is 5.69 Å². The van der Waals surface area contributed by atoms with Gasteiger partial charge >= 0.3 is 0 Å². The summed E-state index contributed by atoms with van der Waals surface area (Å²) in [6.07, 6.45) is 1.16. The molecule has 0 radical (unpaired) electrons. The first-order valence-corrected chi connectivity index (χ1v) is 9.00. The summed E-state index contributed by atoms with van der Waals surface area (Å²) in [6.45, 7) is 1.41. The molecule has 5 nitrogen and oxygen atoms in total. The summed E-state index contributed by atoms with van der Waals surface area (Å²) in [6, 6.07) is 9.15. The molecule has 1 amide bonds. The quantitative estimate of drug-likeness (QED) is 0.400. The van der Waals surface area contributed by atoms with Crippen molar-refractivity contribution >= 4 is 40.5 Å². The van der Waals surface area contributed by atoms with Crippen molar-refractivity contribution in [2.24, 2.45) is 4.99 Å². The van der Waals surface area contributed by atoms with E-state index in [0.717, 1.165) is 24.6 Å². The van der Waals surface area contributed by atoms with E-state index >= 15 is 0 Å². The van der Waals surface area contributed by atoms with E-state index in [1.165, 1.54) is 5.56 Å². The van der Waals surface area contributed by atoms with Gasteiger partial charge in [-0.2, -0.15) is 11.3 Å². The molecule has 2 rings (SSSR count). The lowest BCUT2D eigenvalue weighted by Crippen LogP contribution is -2.37. The van der Waals surface area contributed by atoms with Crippen molar-refractivity contribution in [3.05, 3.63) is 51.7 Å². The van der Waals surface area contributed by atoms with E-state index in [0.29, 0.717) is 18.0 Å². The number of rotatable bonds is 7. The smallest absolute Gasteiger partial charge is 0.224 e. The Kier molecular flexibility index (Phi) is 7.58. The third-order valence-electron chi connectivity index (χ3n) is 3.26. The monoisotopic (exact) mass is 364 g/mol. The van der Waals surface area contributed by atoms with E-state index in [4.69, 9.17) is 11.6 Å². The Hall–Kier alpha value is -2.05. The molecule has 128 valence electrons. The topological polar surface area (TPSA) is 65.5 Å². The van der Waals surface area contributed by atoms with Crippen LogP contribution in [0, 0.1) is 0 Å². The summed E-state index contributed by atoms with van der Waals surface area (Å²) >= 11 is 7.49. The first kappa shape index (κ1) is 18.3. The minimum Gasteiger partial charge on any atom is -0.356 e. The maximum absolute atomic E-state index is 11.9. The zero-order valence-electron chi connectivity index (χ0n) is 13.5.